The Balaban J connectivity index is 1.73. The Morgan fingerprint density at radius 2 is 1.92 bits per heavy atom. The minimum absolute atomic E-state index is 0.111. The lowest BCUT2D eigenvalue weighted by Gasteiger charge is -2.07. The normalized spacial score (nSPS) is 11.0. The number of nitrogens with one attached hydrogen (secondary N) is 4. The second-order valence-corrected chi connectivity index (χ2v) is 5.31. The van der Waals surface area contributed by atoms with Crippen LogP contribution in [0.25, 0.3) is 22.1 Å². The highest BCUT2D eigenvalue weighted by Gasteiger charge is 2.11. The number of aromatic nitrogens is 6. The molecule has 4 aromatic rings. The summed E-state index contributed by atoms with van der Waals surface area (Å²) in [6.45, 7) is 0. The molecule has 4 rings (SSSR count). The van der Waals surface area contributed by atoms with Crippen molar-refractivity contribution >= 4 is 45.2 Å². The number of imidazole rings is 1. The van der Waals surface area contributed by atoms with E-state index in [1.54, 1.807) is 24.3 Å². The first-order valence-corrected chi connectivity index (χ1v) is 7.26. The molecule has 0 radical (unpaired) electrons. The van der Waals surface area contributed by atoms with Crippen molar-refractivity contribution in [3.05, 3.63) is 57.1 Å². The molecule has 0 saturated heterocycles. The third-order valence-corrected chi connectivity index (χ3v) is 3.65. The number of aromatic amines is 3. The zero-order chi connectivity index (χ0) is 16.7. The maximum Gasteiger partial charge on any atom is 0.278 e. The number of para-hydroxylation sites is 1. The number of fused-ring (bicyclic) bond motifs is 2. The van der Waals surface area contributed by atoms with Crippen LogP contribution in [0.2, 0.25) is 0 Å². The molecule has 0 aliphatic carbocycles. The largest absolute Gasteiger partial charge is 0.339 e. The van der Waals surface area contributed by atoms with Crippen LogP contribution in [0.3, 0.4) is 0 Å². The highest BCUT2D eigenvalue weighted by atomic mass is 32.1. The Kier molecular flexibility index (Phi) is 3.17. The van der Waals surface area contributed by atoms with Crippen LogP contribution in [0.4, 0.5) is 5.95 Å². The van der Waals surface area contributed by atoms with Gasteiger partial charge in [0.05, 0.1) is 17.2 Å². The molecular weight excluding hydrogens is 330 g/mol. The molecule has 3 heterocycles. The third kappa shape index (κ3) is 2.34. The molecule has 0 spiro atoms. The number of nitrogens with zero attached hydrogens (tertiary/aromatic N) is 3. The second kappa shape index (κ2) is 5.35. The fourth-order valence-corrected chi connectivity index (χ4v) is 2.46. The van der Waals surface area contributed by atoms with E-state index in [1.165, 1.54) is 6.33 Å². The van der Waals surface area contributed by atoms with Gasteiger partial charge in [0, 0.05) is 0 Å². The third-order valence-electron chi connectivity index (χ3n) is 3.36. The molecule has 0 amide bonds. The molecular formula is C14H9N7O2S. The van der Waals surface area contributed by atoms with Crippen LogP contribution in [0.1, 0.15) is 5.82 Å². The molecule has 1 aromatic carbocycles. The smallest absolute Gasteiger partial charge is 0.278 e. The molecule has 0 bridgehead atoms. The van der Waals surface area contributed by atoms with E-state index in [-0.39, 0.29) is 39.0 Å². The number of thiocarbonyl (C=S) groups is 1. The van der Waals surface area contributed by atoms with Crippen LogP contribution in [-0.4, -0.2) is 34.9 Å². The summed E-state index contributed by atoms with van der Waals surface area (Å²) in [5.41, 5.74) is 0.351. The van der Waals surface area contributed by atoms with Crippen LogP contribution in [0.15, 0.2) is 40.2 Å². The van der Waals surface area contributed by atoms with Gasteiger partial charge in [0.25, 0.3) is 11.1 Å². The molecule has 0 atom stereocenters. The van der Waals surface area contributed by atoms with Gasteiger partial charge < -0.3 is 15.3 Å². The van der Waals surface area contributed by atoms with Gasteiger partial charge in [-0.2, -0.15) is 4.98 Å². The zero-order valence-electron chi connectivity index (χ0n) is 12.0. The van der Waals surface area contributed by atoms with Gasteiger partial charge in [-0.25, -0.2) is 9.97 Å². The standard InChI is InChI=1S/C14H9N7O2S/c22-11-6-3-1-2-4-7(6)17-10(18-11)13(24)21-14-19-9-8(12(23)20-14)15-5-16-9/h1-5H,(H,17,18,22)(H3,15,16,19,20,21,23,24). The number of hydrogen-bond acceptors (Lipinski definition) is 6. The first-order valence-electron chi connectivity index (χ1n) is 6.85. The van der Waals surface area contributed by atoms with E-state index >= 15 is 0 Å². The molecule has 4 N–H and O–H groups in total. The Morgan fingerprint density at radius 3 is 2.79 bits per heavy atom. The van der Waals surface area contributed by atoms with Crippen molar-refractivity contribution in [2.24, 2.45) is 0 Å². The molecule has 3 aromatic heterocycles. The lowest BCUT2D eigenvalue weighted by Crippen LogP contribution is -2.22. The summed E-state index contributed by atoms with van der Waals surface area (Å²) in [6, 6.07) is 6.92. The fourth-order valence-electron chi connectivity index (χ4n) is 2.26. The molecule has 0 saturated carbocycles. The maximum absolute atomic E-state index is 12.1. The van der Waals surface area contributed by atoms with E-state index in [0.29, 0.717) is 10.9 Å². The van der Waals surface area contributed by atoms with Gasteiger partial charge in [-0.05, 0) is 12.1 Å². The van der Waals surface area contributed by atoms with E-state index < -0.39 is 0 Å². The summed E-state index contributed by atoms with van der Waals surface area (Å²) in [5.74, 6) is 0.291. The summed E-state index contributed by atoms with van der Waals surface area (Å²) < 4.78 is 0. The Labute approximate surface area is 138 Å². The minimum Gasteiger partial charge on any atom is -0.339 e. The van der Waals surface area contributed by atoms with Gasteiger partial charge in [0.2, 0.25) is 5.95 Å². The first kappa shape index (κ1) is 14.2. The van der Waals surface area contributed by atoms with Crippen LogP contribution < -0.4 is 16.4 Å². The predicted octanol–water partition coefficient (Wildman–Crippen LogP) is 0.670. The van der Waals surface area contributed by atoms with Gasteiger partial charge in [0.15, 0.2) is 17.0 Å². The van der Waals surface area contributed by atoms with Crippen molar-refractivity contribution in [3.63, 3.8) is 0 Å². The average Bonchev–Trinajstić information content (AvgIpc) is 3.04. The van der Waals surface area contributed by atoms with Crippen LogP contribution in [0, 0.1) is 0 Å². The summed E-state index contributed by atoms with van der Waals surface area (Å²) in [4.78, 5) is 44.3. The number of rotatable bonds is 2. The molecule has 9 nitrogen and oxygen atoms in total. The van der Waals surface area contributed by atoms with Crippen LogP contribution in [0.5, 0.6) is 0 Å². The lowest BCUT2D eigenvalue weighted by molar-refractivity contribution is 1.13. The fraction of sp³-hybridized carbons (Fsp3) is 0. The van der Waals surface area contributed by atoms with Gasteiger partial charge in [0.1, 0.15) is 4.99 Å². The average molecular weight is 339 g/mol. The van der Waals surface area contributed by atoms with Crippen molar-refractivity contribution in [1.82, 2.24) is 29.9 Å². The molecule has 0 unspecified atom stereocenters. The van der Waals surface area contributed by atoms with Crippen molar-refractivity contribution in [2.45, 2.75) is 0 Å². The van der Waals surface area contributed by atoms with E-state index in [2.05, 4.69) is 35.2 Å². The number of hydrogen-bond donors (Lipinski definition) is 4. The summed E-state index contributed by atoms with van der Waals surface area (Å²) in [5, 5.41) is 3.22. The second-order valence-electron chi connectivity index (χ2n) is 4.90. The van der Waals surface area contributed by atoms with Crippen molar-refractivity contribution in [1.29, 1.82) is 0 Å². The highest BCUT2D eigenvalue weighted by molar-refractivity contribution is 7.81. The summed E-state index contributed by atoms with van der Waals surface area (Å²) >= 11 is 5.24. The van der Waals surface area contributed by atoms with Gasteiger partial charge in [-0.1, -0.05) is 24.4 Å². The van der Waals surface area contributed by atoms with Crippen molar-refractivity contribution in [3.8, 4) is 0 Å². The SMILES string of the molecule is O=c1[nH]c(C(=S)Nc2nc3nc[nH]c3c(=O)[nH]2)nc2ccccc12. The Bertz CT molecular complexity index is 1210. The lowest BCUT2D eigenvalue weighted by atomic mass is 10.2. The Hall–Kier alpha value is -3.40. The van der Waals surface area contributed by atoms with Gasteiger partial charge in [-0.15, -0.1) is 0 Å². The molecule has 118 valence electrons. The van der Waals surface area contributed by atoms with Gasteiger partial charge in [-0.3, -0.25) is 14.6 Å². The van der Waals surface area contributed by atoms with Crippen molar-refractivity contribution < 1.29 is 0 Å². The molecule has 0 aliphatic heterocycles. The van der Waals surface area contributed by atoms with Crippen LogP contribution in [-0.2, 0) is 0 Å². The summed E-state index contributed by atoms with van der Waals surface area (Å²) in [7, 11) is 0. The van der Waals surface area contributed by atoms with Crippen LogP contribution >= 0.6 is 12.2 Å². The summed E-state index contributed by atoms with van der Waals surface area (Å²) in [6.07, 6.45) is 1.37. The molecule has 10 heteroatoms. The molecule has 0 fully saturated rings. The van der Waals surface area contributed by atoms with E-state index in [4.69, 9.17) is 12.2 Å². The topological polar surface area (TPSA) is 132 Å². The monoisotopic (exact) mass is 339 g/mol. The van der Waals surface area contributed by atoms with Gasteiger partial charge >= 0.3 is 0 Å². The number of H-pyrrole nitrogens is 3. The Morgan fingerprint density at radius 1 is 1.08 bits per heavy atom. The number of benzene rings is 1. The van der Waals surface area contributed by atoms with Crippen molar-refractivity contribution in [2.75, 3.05) is 5.32 Å². The quantitative estimate of drug-likeness (QED) is 0.395. The predicted molar refractivity (Wildman–Crippen MR) is 92.2 cm³/mol. The van der Waals surface area contributed by atoms with E-state index in [1.807, 2.05) is 0 Å². The maximum atomic E-state index is 12.1. The van der Waals surface area contributed by atoms with E-state index in [9.17, 15) is 9.59 Å². The molecule has 24 heavy (non-hydrogen) atoms. The first-order chi connectivity index (χ1) is 11.6. The highest BCUT2D eigenvalue weighted by Crippen LogP contribution is 2.08. The zero-order valence-corrected chi connectivity index (χ0v) is 12.8. The number of anilines is 1. The minimum atomic E-state index is -0.386. The molecule has 0 aliphatic rings. The van der Waals surface area contributed by atoms with E-state index in [0.717, 1.165) is 0 Å².